The van der Waals surface area contributed by atoms with Gasteiger partial charge in [-0.25, -0.2) is 4.79 Å². The highest BCUT2D eigenvalue weighted by atomic mass is 79.9. The average molecular weight is 339 g/mol. The van der Waals surface area contributed by atoms with Crippen LogP contribution in [0.4, 0.5) is 0 Å². The molecule has 1 aromatic carbocycles. The molecule has 2 aromatic rings. The molecule has 0 bridgehead atoms. The first-order valence-electron chi connectivity index (χ1n) is 5.12. The van der Waals surface area contributed by atoms with E-state index in [1.165, 1.54) is 30.2 Å². The van der Waals surface area contributed by atoms with Crippen LogP contribution in [0.1, 0.15) is 10.4 Å². The summed E-state index contributed by atoms with van der Waals surface area (Å²) in [5.41, 5.74) is 0.250. The van der Waals surface area contributed by atoms with Crippen molar-refractivity contribution < 1.29 is 9.63 Å². The summed E-state index contributed by atoms with van der Waals surface area (Å²) < 4.78 is 0.931. The molecule has 0 unspecified atom stereocenters. The predicted molar refractivity (Wildman–Crippen MR) is 73.7 cm³/mol. The highest BCUT2D eigenvalue weighted by molar-refractivity contribution is 9.10. The van der Waals surface area contributed by atoms with Crippen LogP contribution in [0.25, 0.3) is 0 Å². The monoisotopic (exact) mass is 338 g/mol. The van der Waals surface area contributed by atoms with Crippen LogP contribution in [0, 0.1) is 4.91 Å². The standard InChI is InChI=1S/C12H7BrN2O3S/c13-8-2-1-3-9(6-8)19-11-7-14-5-4-10(11)12(16)18-15-17/h1-7H. The van der Waals surface area contributed by atoms with Crippen LogP contribution < -0.4 is 0 Å². The topological polar surface area (TPSA) is 68.6 Å². The average Bonchev–Trinajstić information content (AvgIpc) is 2.39. The zero-order chi connectivity index (χ0) is 13.7. The van der Waals surface area contributed by atoms with E-state index < -0.39 is 5.97 Å². The van der Waals surface area contributed by atoms with Crippen molar-refractivity contribution >= 4 is 33.7 Å². The fourth-order valence-corrected chi connectivity index (χ4v) is 2.88. The van der Waals surface area contributed by atoms with Crippen molar-refractivity contribution in [3.63, 3.8) is 0 Å². The Balaban J connectivity index is 2.30. The number of nitrogens with zero attached hydrogens (tertiary/aromatic N) is 2. The van der Waals surface area contributed by atoms with E-state index in [1.807, 2.05) is 24.3 Å². The Hall–Kier alpha value is -1.73. The van der Waals surface area contributed by atoms with Crippen LogP contribution >= 0.6 is 27.7 Å². The maximum absolute atomic E-state index is 11.6. The van der Waals surface area contributed by atoms with Gasteiger partial charge in [-0.2, -0.15) is 0 Å². The third kappa shape index (κ3) is 3.62. The van der Waals surface area contributed by atoms with Crippen molar-refractivity contribution in [1.29, 1.82) is 0 Å². The van der Waals surface area contributed by atoms with Gasteiger partial charge in [0, 0.05) is 26.7 Å². The highest BCUT2D eigenvalue weighted by Gasteiger charge is 2.14. The lowest BCUT2D eigenvalue weighted by Crippen LogP contribution is -2.02. The molecule has 96 valence electrons. The molecule has 0 fully saturated rings. The van der Waals surface area contributed by atoms with Gasteiger partial charge in [-0.1, -0.05) is 33.8 Å². The molecule has 1 heterocycles. The van der Waals surface area contributed by atoms with Gasteiger partial charge < -0.3 is 0 Å². The van der Waals surface area contributed by atoms with E-state index in [9.17, 15) is 9.70 Å². The second-order valence-corrected chi connectivity index (χ2v) is 5.42. The fourth-order valence-electron chi connectivity index (χ4n) is 1.37. The summed E-state index contributed by atoms with van der Waals surface area (Å²) in [4.78, 5) is 31.1. The van der Waals surface area contributed by atoms with Crippen molar-refractivity contribution in [3.8, 4) is 0 Å². The van der Waals surface area contributed by atoms with Gasteiger partial charge >= 0.3 is 5.97 Å². The molecular formula is C12H7BrN2O3S. The number of benzene rings is 1. The number of pyridine rings is 1. The van der Waals surface area contributed by atoms with E-state index >= 15 is 0 Å². The summed E-state index contributed by atoms with van der Waals surface area (Å²) in [6, 6.07) is 9.07. The van der Waals surface area contributed by atoms with Crippen LogP contribution in [0.15, 0.2) is 62.3 Å². The molecule has 2 rings (SSSR count). The van der Waals surface area contributed by atoms with Gasteiger partial charge in [0.1, 0.15) is 0 Å². The largest absolute Gasteiger partial charge is 0.370 e. The van der Waals surface area contributed by atoms with Crippen molar-refractivity contribution in [1.82, 2.24) is 4.98 Å². The second-order valence-electron chi connectivity index (χ2n) is 3.38. The molecule has 0 N–H and O–H groups in total. The zero-order valence-corrected chi connectivity index (χ0v) is 11.8. The lowest BCUT2D eigenvalue weighted by atomic mass is 10.3. The summed E-state index contributed by atoms with van der Waals surface area (Å²) in [5, 5.41) is 2.14. The molecule has 19 heavy (non-hydrogen) atoms. The number of hydrogen-bond donors (Lipinski definition) is 0. The summed E-state index contributed by atoms with van der Waals surface area (Å²) in [5.74, 6) is -0.796. The fraction of sp³-hybridized carbons (Fsp3) is 0. The van der Waals surface area contributed by atoms with E-state index in [0.717, 1.165) is 9.37 Å². The summed E-state index contributed by atoms with van der Waals surface area (Å²) >= 11 is 4.72. The lowest BCUT2D eigenvalue weighted by Gasteiger charge is -2.05. The van der Waals surface area contributed by atoms with Gasteiger partial charge in [0.2, 0.25) is 0 Å². The first-order valence-corrected chi connectivity index (χ1v) is 6.73. The molecule has 0 aliphatic rings. The molecule has 0 amide bonds. The quantitative estimate of drug-likeness (QED) is 0.625. The number of halogens is 1. The number of aromatic nitrogens is 1. The van der Waals surface area contributed by atoms with Gasteiger partial charge in [0.15, 0.2) is 5.34 Å². The Labute approximate surface area is 121 Å². The van der Waals surface area contributed by atoms with E-state index in [-0.39, 0.29) is 5.56 Å². The normalized spacial score (nSPS) is 9.95. The van der Waals surface area contributed by atoms with Crippen LogP contribution in [-0.2, 0) is 4.84 Å². The zero-order valence-electron chi connectivity index (χ0n) is 9.45. The van der Waals surface area contributed by atoms with Gasteiger partial charge in [-0.05, 0) is 24.3 Å². The van der Waals surface area contributed by atoms with Gasteiger partial charge in [0.05, 0.1) is 5.56 Å². The minimum atomic E-state index is -0.796. The lowest BCUT2D eigenvalue weighted by molar-refractivity contribution is 0.0504. The maximum atomic E-state index is 11.6. The van der Waals surface area contributed by atoms with Crippen molar-refractivity contribution in [2.24, 2.45) is 5.34 Å². The summed E-state index contributed by atoms with van der Waals surface area (Å²) in [6.07, 6.45) is 2.99. The maximum Gasteiger partial charge on any atom is 0.370 e. The molecular weight excluding hydrogens is 332 g/mol. The molecule has 0 aliphatic carbocycles. The Morgan fingerprint density at radius 2 is 2.21 bits per heavy atom. The van der Waals surface area contributed by atoms with Gasteiger partial charge in [-0.3, -0.25) is 9.82 Å². The molecule has 0 aliphatic heterocycles. The van der Waals surface area contributed by atoms with Crippen LogP contribution in [0.3, 0.4) is 0 Å². The molecule has 7 heteroatoms. The Bertz CT molecular complexity index is 621. The van der Waals surface area contributed by atoms with E-state index in [0.29, 0.717) is 4.90 Å². The van der Waals surface area contributed by atoms with Crippen LogP contribution in [0.5, 0.6) is 0 Å². The van der Waals surface area contributed by atoms with Gasteiger partial charge in [0.25, 0.3) is 0 Å². The smallest absolute Gasteiger partial charge is 0.279 e. The van der Waals surface area contributed by atoms with Crippen molar-refractivity contribution in [2.45, 2.75) is 9.79 Å². The Kier molecular flexibility index (Phi) is 4.64. The van der Waals surface area contributed by atoms with Crippen molar-refractivity contribution in [2.75, 3.05) is 0 Å². The van der Waals surface area contributed by atoms with Crippen LogP contribution in [0.2, 0.25) is 0 Å². The Morgan fingerprint density at radius 3 is 2.95 bits per heavy atom. The van der Waals surface area contributed by atoms with E-state index in [1.54, 1.807) is 0 Å². The van der Waals surface area contributed by atoms with E-state index in [2.05, 4.69) is 31.1 Å². The third-order valence-electron chi connectivity index (χ3n) is 2.15. The molecule has 0 atom stereocenters. The van der Waals surface area contributed by atoms with Crippen molar-refractivity contribution in [3.05, 3.63) is 57.7 Å². The number of hydrogen-bond acceptors (Lipinski definition) is 6. The molecule has 1 aromatic heterocycles. The molecule has 5 nitrogen and oxygen atoms in total. The Morgan fingerprint density at radius 1 is 1.37 bits per heavy atom. The number of carbonyl (C=O) groups excluding carboxylic acids is 1. The second kappa shape index (κ2) is 6.44. The molecule has 0 spiro atoms. The van der Waals surface area contributed by atoms with Gasteiger partial charge in [-0.15, -0.1) is 4.91 Å². The summed E-state index contributed by atoms with van der Waals surface area (Å²) in [7, 11) is 0. The number of rotatable bonds is 4. The van der Waals surface area contributed by atoms with E-state index in [4.69, 9.17) is 0 Å². The first-order chi connectivity index (χ1) is 9.20. The van der Waals surface area contributed by atoms with Crippen LogP contribution in [-0.4, -0.2) is 11.0 Å². The number of carbonyl (C=O) groups is 1. The molecule has 0 saturated heterocycles. The minimum absolute atomic E-state index is 0.250. The minimum Gasteiger partial charge on any atom is -0.279 e. The predicted octanol–water partition coefficient (Wildman–Crippen LogP) is 3.83. The molecule has 0 radical (unpaired) electrons. The first kappa shape index (κ1) is 13.7. The summed E-state index contributed by atoms with van der Waals surface area (Å²) in [6.45, 7) is 0. The SMILES string of the molecule is O=NOC(=O)c1ccncc1Sc1cccc(Br)c1. The molecule has 0 saturated carbocycles. The highest BCUT2D eigenvalue weighted by Crippen LogP contribution is 2.31. The third-order valence-corrected chi connectivity index (χ3v) is 3.68.